The van der Waals surface area contributed by atoms with Crippen molar-refractivity contribution in [1.29, 1.82) is 0 Å². The Bertz CT molecular complexity index is 2990. The van der Waals surface area contributed by atoms with Gasteiger partial charge in [-0.15, -0.1) is 0 Å². The van der Waals surface area contributed by atoms with Gasteiger partial charge in [0.2, 0.25) is 0 Å². The summed E-state index contributed by atoms with van der Waals surface area (Å²) < 4.78 is 11.3. The molecule has 0 unspecified atom stereocenters. The van der Waals surface area contributed by atoms with E-state index in [1.165, 1.54) is 34.9 Å². The predicted molar refractivity (Wildman–Crippen MR) is 300 cm³/mol. The number of rotatable bonds is 17. The molecule has 0 bridgehead atoms. The Balaban J connectivity index is 0.000000285. The van der Waals surface area contributed by atoms with E-state index in [1.54, 1.807) is 6.21 Å². The van der Waals surface area contributed by atoms with Crippen LogP contribution < -0.4 is 58.1 Å². The molecule has 0 atom stereocenters. The van der Waals surface area contributed by atoms with Crippen molar-refractivity contribution < 1.29 is 43.1 Å². The van der Waals surface area contributed by atoms with Crippen molar-refractivity contribution >= 4 is 101 Å². The molecule has 0 aliphatic carbocycles. The van der Waals surface area contributed by atoms with E-state index in [-0.39, 0.29) is 34.0 Å². The van der Waals surface area contributed by atoms with Gasteiger partial charge in [0.1, 0.15) is 12.4 Å². The Kier molecular flexibility index (Phi) is 22.9. The van der Waals surface area contributed by atoms with Gasteiger partial charge in [0, 0.05) is 38.9 Å². The molecular formula is C56H64Br4N12. The molecular weight excluding hydrogens is 1160 g/mol. The first-order valence-corrected chi connectivity index (χ1v) is 25.9. The predicted octanol–water partition coefficient (Wildman–Crippen LogP) is 5.27. The van der Waals surface area contributed by atoms with Gasteiger partial charge in [0.15, 0.2) is 27.9 Å². The number of anilines is 3. The van der Waals surface area contributed by atoms with Crippen LogP contribution in [-0.2, 0) is 34.2 Å². The zero-order chi connectivity index (χ0) is 49.2. The van der Waals surface area contributed by atoms with Crippen molar-refractivity contribution in [2.45, 2.75) is 38.8 Å². The number of para-hydroxylation sites is 9. The quantitative estimate of drug-likeness (QED) is 0.0410. The smallest absolute Gasteiger partial charge is 0.302 e. The number of aromatic nitrogens is 6. The van der Waals surface area contributed by atoms with Crippen LogP contribution in [0, 0.1) is 0 Å². The molecule has 16 heteroatoms. The third-order valence-corrected chi connectivity index (χ3v) is 13.2. The van der Waals surface area contributed by atoms with Gasteiger partial charge in [-0.2, -0.15) is 15.3 Å². The minimum Gasteiger partial charge on any atom is -1.00 e. The number of hydrogen-bond donors (Lipinski definition) is 0. The number of imidazole rings is 3. The molecule has 0 spiro atoms. The number of alkyl halides is 2. The lowest BCUT2D eigenvalue weighted by atomic mass is 10.2. The zero-order valence-electron chi connectivity index (χ0n) is 41.9. The first-order chi connectivity index (χ1) is 34.2. The average Bonchev–Trinajstić information content (AvgIpc) is 3.99. The SMILES string of the molecule is BrCCCCBr.CN(/N=C/c1n(CCCCn2c(/C=N/N(C)c3ccccc3)[n+](C)c3ccccc32)c2ccccc2[n+]1C)c1ccccc1.CN(/N=C/c1nc2ccccc2n1C)c1ccccc1.[Br-].[Br-]. The second-order valence-corrected chi connectivity index (χ2v) is 18.3. The molecule has 12 nitrogen and oxygen atoms in total. The van der Waals surface area contributed by atoms with Gasteiger partial charge in [0.05, 0.1) is 61.5 Å². The van der Waals surface area contributed by atoms with Crippen molar-refractivity contribution in [2.75, 3.05) is 46.8 Å². The maximum atomic E-state index is 4.80. The summed E-state index contributed by atoms with van der Waals surface area (Å²) >= 11 is 6.66. The van der Waals surface area contributed by atoms with Gasteiger partial charge < -0.3 is 38.5 Å². The van der Waals surface area contributed by atoms with E-state index < -0.39 is 0 Å². The summed E-state index contributed by atoms with van der Waals surface area (Å²) in [6.07, 6.45) is 10.3. The number of nitrogens with zero attached hydrogens (tertiary/aromatic N) is 12. The van der Waals surface area contributed by atoms with Crippen molar-refractivity contribution in [3.63, 3.8) is 0 Å². The van der Waals surface area contributed by atoms with Crippen LogP contribution in [0.5, 0.6) is 0 Å². The van der Waals surface area contributed by atoms with Crippen LogP contribution in [0.25, 0.3) is 33.1 Å². The summed E-state index contributed by atoms with van der Waals surface area (Å²) in [6, 6.07) is 55.7. The highest BCUT2D eigenvalue weighted by atomic mass is 79.9. The van der Waals surface area contributed by atoms with E-state index in [0.717, 1.165) is 82.2 Å². The molecule has 72 heavy (non-hydrogen) atoms. The molecule has 0 saturated heterocycles. The fourth-order valence-electron chi connectivity index (χ4n) is 8.14. The lowest BCUT2D eigenvalue weighted by molar-refractivity contribution is -0.646. The lowest BCUT2D eigenvalue weighted by Crippen LogP contribution is -3.00. The maximum Gasteiger partial charge on any atom is 0.302 e. The summed E-state index contributed by atoms with van der Waals surface area (Å²) in [6.45, 7) is 1.78. The highest BCUT2D eigenvalue weighted by Gasteiger charge is 2.23. The van der Waals surface area contributed by atoms with Crippen LogP contribution in [0.3, 0.4) is 0 Å². The molecule has 6 aromatic carbocycles. The number of unbranched alkanes of at least 4 members (excludes halogenated alkanes) is 2. The summed E-state index contributed by atoms with van der Waals surface area (Å²) in [5.74, 6) is 2.99. The van der Waals surface area contributed by atoms with Gasteiger partial charge in [-0.1, -0.05) is 123 Å². The van der Waals surface area contributed by atoms with Crippen LogP contribution in [-0.4, -0.2) is 69.1 Å². The van der Waals surface area contributed by atoms with Crippen molar-refractivity contribution in [2.24, 2.45) is 36.4 Å². The van der Waals surface area contributed by atoms with E-state index in [4.69, 9.17) is 10.2 Å². The number of hydrogen-bond acceptors (Lipinski definition) is 7. The minimum absolute atomic E-state index is 0. The zero-order valence-corrected chi connectivity index (χ0v) is 48.2. The Labute approximate surface area is 462 Å². The fourth-order valence-corrected chi connectivity index (χ4v) is 8.94. The molecule has 0 aliphatic rings. The van der Waals surface area contributed by atoms with Crippen LogP contribution in [0.1, 0.15) is 43.2 Å². The van der Waals surface area contributed by atoms with Crippen LogP contribution in [0.2, 0.25) is 0 Å². The van der Waals surface area contributed by atoms with E-state index in [1.807, 2.05) is 145 Å². The molecule has 0 aliphatic heterocycles. The molecule has 0 amide bonds. The molecule has 376 valence electrons. The maximum absolute atomic E-state index is 4.80. The van der Waals surface area contributed by atoms with Crippen LogP contribution >= 0.6 is 31.9 Å². The standard InChI is InChI=1S/C36H40N8.C16H16N4.C4H8Br2.2BrH/c1-39-31-21-11-13-23-33(31)43(35(39)27-37-41(3)29-17-7-5-8-18-29)25-15-16-26-44-34-24-14-12-22-32(34)40(2)36(44)28-38-42(4)30-19-9-6-10-20-30;1-19-15-11-7-6-10-14(15)18-16(19)12-17-20(2)13-8-4-3-5-9-13;5-3-1-2-4-6;;/h5-14,17-24,27-28H,15-16,25-26H2,1-4H3;3-12H,1-2H3;1-4H2;2*1H/q+2;;;;/p-2/b;17-12+;;;. The number of halogens is 4. The molecule has 0 saturated carbocycles. The van der Waals surface area contributed by atoms with Crippen molar-refractivity contribution in [3.05, 3.63) is 181 Å². The van der Waals surface area contributed by atoms with E-state index in [9.17, 15) is 0 Å². The lowest BCUT2D eigenvalue weighted by Gasteiger charge is -2.11. The topological polar surface area (TPSA) is 82.2 Å². The Hall–Kier alpha value is -5.94. The summed E-state index contributed by atoms with van der Waals surface area (Å²) in [5.41, 5.74) is 10.1. The molecule has 0 fully saturated rings. The molecule has 9 aromatic rings. The largest absolute Gasteiger partial charge is 1.00 e. The number of benzene rings is 6. The van der Waals surface area contributed by atoms with Gasteiger partial charge in [0.25, 0.3) is 0 Å². The van der Waals surface area contributed by atoms with Crippen molar-refractivity contribution in [1.82, 2.24) is 18.7 Å². The minimum atomic E-state index is 0. The van der Waals surface area contributed by atoms with Crippen molar-refractivity contribution in [3.8, 4) is 0 Å². The Morgan fingerprint density at radius 2 is 0.819 bits per heavy atom. The summed E-state index contributed by atoms with van der Waals surface area (Å²) in [7, 11) is 12.1. The monoisotopic (exact) mass is 1220 g/mol. The molecule has 0 radical (unpaired) electrons. The molecule has 0 N–H and O–H groups in total. The second kappa shape index (κ2) is 28.9. The number of hydrazone groups is 3. The first kappa shape index (κ1) is 57.0. The molecule has 3 heterocycles. The highest BCUT2D eigenvalue weighted by Crippen LogP contribution is 2.20. The van der Waals surface area contributed by atoms with Crippen LogP contribution in [0.15, 0.2) is 179 Å². The molecule has 9 rings (SSSR count). The highest BCUT2D eigenvalue weighted by molar-refractivity contribution is 9.09. The third kappa shape index (κ3) is 14.6. The number of aryl methyl sites for hydroxylation is 5. The average molecular weight is 1220 g/mol. The number of fused-ring (bicyclic) bond motifs is 3. The van der Waals surface area contributed by atoms with Gasteiger partial charge in [-0.05, 0) is 98.5 Å². The van der Waals surface area contributed by atoms with Gasteiger partial charge in [-0.25, -0.2) is 23.3 Å². The first-order valence-electron chi connectivity index (χ1n) is 23.7. The fraction of sp³-hybridized carbons (Fsp3) is 0.250. The van der Waals surface area contributed by atoms with Gasteiger partial charge in [-0.3, -0.25) is 15.0 Å². The Morgan fingerprint density at radius 1 is 0.472 bits per heavy atom. The van der Waals surface area contributed by atoms with E-state index in [0.29, 0.717) is 0 Å². The normalized spacial score (nSPS) is 11.1. The second-order valence-electron chi connectivity index (χ2n) is 16.7. The van der Waals surface area contributed by atoms with E-state index >= 15 is 0 Å². The molecule has 3 aromatic heterocycles. The summed E-state index contributed by atoms with van der Waals surface area (Å²) in [5, 5.41) is 22.0. The summed E-state index contributed by atoms with van der Waals surface area (Å²) in [4.78, 5) is 4.56. The van der Waals surface area contributed by atoms with Gasteiger partial charge >= 0.3 is 11.6 Å². The third-order valence-electron chi connectivity index (χ3n) is 12.1. The Morgan fingerprint density at radius 3 is 1.21 bits per heavy atom. The van der Waals surface area contributed by atoms with E-state index in [2.05, 4.69) is 153 Å². The van der Waals surface area contributed by atoms with Crippen LogP contribution in [0.4, 0.5) is 17.1 Å².